The zero-order valence-corrected chi connectivity index (χ0v) is 16.5. The summed E-state index contributed by atoms with van der Waals surface area (Å²) in [6.07, 6.45) is 9.22. The fourth-order valence-corrected chi connectivity index (χ4v) is 3.91. The third-order valence-corrected chi connectivity index (χ3v) is 5.35. The Morgan fingerprint density at radius 1 is 1.10 bits per heavy atom. The minimum absolute atomic E-state index is 0.142. The predicted octanol–water partition coefficient (Wildman–Crippen LogP) is 3.50. The van der Waals surface area contributed by atoms with Crippen LogP contribution in [0.25, 0.3) is 11.3 Å². The van der Waals surface area contributed by atoms with E-state index < -0.39 is 0 Å². The average Bonchev–Trinajstić information content (AvgIpc) is 2.80. The van der Waals surface area contributed by atoms with Gasteiger partial charge in [-0.05, 0) is 42.7 Å². The molecule has 2 aromatic heterocycles. The number of benzene rings is 1. The van der Waals surface area contributed by atoms with Crippen LogP contribution < -0.4 is 4.74 Å². The summed E-state index contributed by atoms with van der Waals surface area (Å²) in [5.74, 6) is 1.07. The van der Waals surface area contributed by atoms with Crippen molar-refractivity contribution < 1.29 is 9.53 Å². The van der Waals surface area contributed by atoms with Gasteiger partial charge >= 0.3 is 0 Å². The van der Waals surface area contributed by atoms with E-state index in [0.717, 1.165) is 47.7 Å². The van der Waals surface area contributed by atoms with Gasteiger partial charge in [-0.15, -0.1) is 0 Å². The van der Waals surface area contributed by atoms with Gasteiger partial charge in [0.25, 0.3) is 0 Å². The van der Waals surface area contributed by atoms with E-state index in [1.54, 1.807) is 31.9 Å². The molecule has 0 radical (unpaired) electrons. The molecule has 0 unspecified atom stereocenters. The van der Waals surface area contributed by atoms with Crippen molar-refractivity contribution in [1.29, 1.82) is 0 Å². The maximum atomic E-state index is 12.8. The monoisotopic (exact) mass is 388 g/mol. The molecule has 1 aromatic carbocycles. The van der Waals surface area contributed by atoms with Gasteiger partial charge in [-0.3, -0.25) is 19.7 Å². The maximum absolute atomic E-state index is 12.8. The number of ether oxygens (including phenoxy) is 1. The summed E-state index contributed by atoms with van der Waals surface area (Å²) in [7, 11) is 1.66. The van der Waals surface area contributed by atoms with Gasteiger partial charge < -0.3 is 9.64 Å². The molecule has 1 aliphatic rings. The Balaban J connectivity index is 1.57. The molecule has 1 atom stereocenters. The molecule has 4 rings (SSSR count). The van der Waals surface area contributed by atoms with Gasteiger partial charge in [0.2, 0.25) is 5.91 Å². The highest BCUT2D eigenvalue weighted by molar-refractivity contribution is 5.79. The number of para-hydroxylation sites is 1. The summed E-state index contributed by atoms with van der Waals surface area (Å²) in [6, 6.07) is 11.6. The maximum Gasteiger partial charge on any atom is 0.227 e. The Bertz CT molecular complexity index is 977. The van der Waals surface area contributed by atoms with E-state index in [-0.39, 0.29) is 11.8 Å². The van der Waals surface area contributed by atoms with E-state index >= 15 is 0 Å². The molecule has 1 aliphatic heterocycles. The number of hydrogen-bond donors (Lipinski definition) is 0. The highest BCUT2D eigenvalue weighted by Gasteiger charge is 2.28. The number of carbonyl (C=O) groups excluding carboxylic acids is 1. The van der Waals surface area contributed by atoms with E-state index in [4.69, 9.17) is 4.74 Å². The Kier molecular flexibility index (Phi) is 5.79. The molecule has 0 N–H and O–H groups in total. The molecule has 1 fully saturated rings. The standard InChI is InChI=1S/C23H24N4O2/c1-29-20-7-3-2-6-19(20)23-22(25-12-13-26-23)18-5-4-14-27(16-18)21(28)15-17-8-10-24-11-9-17/h2-3,6-13,18H,4-5,14-16H2,1H3/t18-/m1/s1. The minimum Gasteiger partial charge on any atom is -0.496 e. The molecule has 6 heteroatoms. The van der Waals surface area contributed by atoms with E-state index in [0.29, 0.717) is 13.0 Å². The minimum atomic E-state index is 0.142. The second-order valence-electron chi connectivity index (χ2n) is 7.20. The predicted molar refractivity (Wildman–Crippen MR) is 111 cm³/mol. The lowest BCUT2D eigenvalue weighted by Gasteiger charge is -2.33. The van der Waals surface area contributed by atoms with Crippen LogP contribution in [0.15, 0.2) is 61.2 Å². The number of piperidine rings is 1. The quantitative estimate of drug-likeness (QED) is 0.669. The van der Waals surface area contributed by atoms with Crippen LogP contribution >= 0.6 is 0 Å². The summed E-state index contributed by atoms with van der Waals surface area (Å²) < 4.78 is 5.53. The first-order valence-corrected chi connectivity index (χ1v) is 9.87. The van der Waals surface area contributed by atoms with Gasteiger partial charge in [0.15, 0.2) is 0 Å². The van der Waals surface area contributed by atoms with Crippen LogP contribution in [0.5, 0.6) is 5.75 Å². The number of carbonyl (C=O) groups is 1. The highest BCUT2D eigenvalue weighted by Crippen LogP contribution is 2.35. The zero-order chi connectivity index (χ0) is 20.1. The first-order valence-electron chi connectivity index (χ1n) is 9.87. The van der Waals surface area contributed by atoms with Crippen LogP contribution in [0.3, 0.4) is 0 Å². The average molecular weight is 388 g/mol. The second-order valence-corrected chi connectivity index (χ2v) is 7.20. The molecule has 148 valence electrons. The fraction of sp³-hybridized carbons (Fsp3) is 0.304. The molecular weight excluding hydrogens is 364 g/mol. The van der Waals surface area contributed by atoms with E-state index in [1.165, 1.54) is 0 Å². The molecule has 3 aromatic rings. The van der Waals surface area contributed by atoms with E-state index in [1.807, 2.05) is 41.3 Å². The number of pyridine rings is 1. The van der Waals surface area contributed by atoms with Crippen LogP contribution in [-0.2, 0) is 11.2 Å². The van der Waals surface area contributed by atoms with Crippen molar-refractivity contribution in [3.63, 3.8) is 0 Å². The molecular formula is C23H24N4O2. The molecule has 0 spiro atoms. The second kappa shape index (κ2) is 8.82. The first-order chi connectivity index (χ1) is 14.3. The van der Waals surface area contributed by atoms with Crippen molar-refractivity contribution in [1.82, 2.24) is 19.9 Å². The van der Waals surface area contributed by atoms with Crippen LogP contribution in [0.2, 0.25) is 0 Å². The van der Waals surface area contributed by atoms with Gasteiger partial charge in [0, 0.05) is 49.4 Å². The molecule has 1 saturated heterocycles. The van der Waals surface area contributed by atoms with Gasteiger partial charge in [-0.1, -0.05) is 12.1 Å². The van der Waals surface area contributed by atoms with Crippen molar-refractivity contribution in [3.05, 3.63) is 72.4 Å². The molecule has 1 amide bonds. The lowest BCUT2D eigenvalue weighted by Crippen LogP contribution is -2.40. The van der Waals surface area contributed by atoms with Crippen molar-refractivity contribution >= 4 is 5.91 Å². The lowest BCUT2D eigenvalue weighted by atomic mass is 9.91. The smallest absolute Gasteiger partial charge is 0.227 e. The van der Waals surface area contributed by atoms with Crippen molar-refractivity contribution in [2.75, 3.05) is 20.2 Å². The van der Waals surface area contributed by atoms with Crippen molar-refractivity contribution in [2.45, 2.75) is 25.2 Å². The molecule has 6 nitrogen and oxygen atoms in total. The van der Waals surface area contributed by atoms with Gasteiger partial charge in [-0.25, -0.2) is 0 Å². The number of aromatic nitrogens is 3. The van der Waals surface area contributed by atoms with Gasteiger partial charge in [0.05, 0.1) is 24.9 Å². The zero-order valence-electron chi connectivity index (χ0n) is 16.5. The SMILES string of the molecule is COc1ccccc1-c1nccnc1[C@@H]1CCCN(C(=O)Cc2ccncc2)C1. The Morgan fingerprint density at radius 3 is 2.72 bits per heavy atom. The van der Waals surface area contributed by atoms with Gasteiger partial charge in [-0.2, -0.15) is 0 Å². The number of likely N-dealkylation sites (tertiary alicyclic amines) is 1. The molecule has 3 heterocycles. The Labute approximate surface area is 170 Å². The summed E-state index contributed by atoms with van der Waals surface area (Å²) in [5, 5.41) is 0. The largest absolute Gasteiger partial charge is 0.496 e. The molecule has 0 aliphatic carbocycles. The summed E-state index contributed by atoms with van der Waals surface area (Å²) in [5.41, 5.74) is 3.68. The lowest BCUT2D eigenvalue weighted by molar-refractivity contribution is -0.131. The van der Waals surface area contributed by atoms with Crippen LogP contribution in [0.4, 0.5) is 0 Å². The Morgan fingerprint density at radius 2 is 1.90 bits per heavy atom. The fourth-order valence-electron chi connectivity index (χ4n) is 3.91. The van der Waals surface area contributed by atoms with E-state index in [9.17, 15) is 4.79 Å². The number of methoxy groups -OCH3 is 1. The van der Waals surface area contributed by atoms with Gasteiger partial charge in [0.1, 0.15) is 5.75 Å². The van der Waals surface area contributed by atoms with Crippen LogP contribution in [0, 0.1) is 0 Å². The topological polar surface area (TPSA) is 68.2 Å². The van der Waals surface area contributed by atoms with Crippen LogP contribution in [0.1, 0.15) is 30.0 Å². The number of amides is 1. The summed E-state index contributed by atoms with van der Waals surface area (Å²) >= 11 is 0. The van der Waals surface area contributed by atoms with Crippen LogP contribution in [-0.4, -0.2) is 46.0 Å². The van der Waals surface area contributed by atoms with Crippen molar-refractivity contribution in [3.8, 4) is 17.0 Å². The van der Waals surface area contributed by atoms with E-state index in [2.05, 4.69) is 15.0 Å². The number of hydrogen-bond acceptors (Lipinski definition) is 5. The number of rotatable bonds is 5. The summed E-state index contributed by atoms with van der Waals surface area (Å²) in [6.45, 7) is 1.44. The Hall–Kier alpha value is -3.28. The summed E-state index contributed by atoms with van der Waals surface area (Å²) in [4.78, 5) is 28.1. The highest BCUT2D eigenvalue weighted by atomic mass is 16.5. The number of nitrogens with zero attached hydrogens (tertiary/aromatic N) is 4. The third-order valence-electron chi connectivity index (χ3n) is 5.35. The first kappa shape index (κ1) is 19.1. The third kappa shape index (κ3) is 4.26. The normalized spacial score (nSPS) is 16.4. The molecule has 0 saturated carbocycles. The molecule has 29 heavy (non-hydrogen) atoms. The molecule has 0 bridgehead atoms. The van der Waals surface area contributed by atoms with Crippen molar-refractivity contribution in [2.24, 2.45) is 0 Å².